The molecule has 0 bridgehead atoms. The van der Waals surface area contributed by atoms with Crippen molar-refractivity contribution in [3.8, 4) is 16.9 Å². The minimum Gasteiger partial charge on any atom is -0.497 e. The Balaban J connectivity index is 1.45. The molecule has 8 heteroatoms. The van der Waals surface area contributed by atoms with Crippen molar-refractivity contribution in [2.45, 2.75) is 32.6 Å². The highest BCUT2D eigenvalue weighted by Gasteiger charge is 2.25. The zero-order chi connectivity index (χ0) is 21.4. The van der Waals surface area contributed by atoms with Crippen LogP contribution in [0, 0.1) is 0 Å². The van der Waals surface area contributed by atoms with E-state index >= 15 is 0 Å². The number of pyridine rings is 2. The second-order valence-corrected chi connectivity index (χ2v) is 7.98. The van der Waals surface area contributed by atoms with E-state index in [2.05, 4.69) is 62.1 Å². The molecule has 1 aliphatic rings. The Labute approximate surface area is 180 Å². The molecule has 4 heterocycles. The maximum Gasteiger partial charge on any atom is 0.155 e. The third kappa shape index (κ3) is 3.77. The zero-order valence-corrected chi connectivity index (χ0v) is 17.7. The average Bonchev–Trinajstić information content (AvgIpc) is 3.40. The number of anilines is 2. The van der Waals surface area contributed by atoms with Gasteiger partial charge in [-0.15, -0.1) is 0 Å². The molecule has 1 aromatic carbocycles. The Morgan fingerprint density at radius 3 is 2.71 bits per heavy atom. The SMILES string of the molecule is COc1ccc2c(c1)NC(c1n[nH]c3ncc(-c4cncc(CNC(C)C)c4)cc13)N2. The van der Waals surface area contributed by atoms with Crippen molar-refractivity contribution in [1.82, 2.24) is 25.5 Å². The van der Waals surface area contributed by atoms with Crippen molar-refractivity contribution in [1.29, 1.82) is 0 Å². The highest BCUT2D eigenvalue weighted by Crippen LogP contribution is 2.38. The number of fused-ring (bicyclic) bond motifs is 2. The second-order valence-electron chi connectivity index (χ2n) is 7.98. The number of H-pyrrole nitrogens is 1. The molecule has 0 amide bonds. The summed E-state index contributed by atoms with van der Waals surface area (Å²) in [7, 11) is 1.67. The van der Waals surface area contributed by atoms with E-state index in [0.29, 0.717) is 6.04 Å². The summed E-state index contributed by atoms with van der Waals surface area (Å²) in [5, 5.41) is 18.9. The van der Waals surface area contributed by atoms with Crippen LogP contribution in [-0.4, -0.2) is 33.3 Å². The van der Waals surface area contributed by atoms with Gasteiger partial charge in [0.05, 0.1) is 18.5 Å². The Morgan fingerprint density at radius 1 is 1.03 bits per heavy atom. The van der Waals surface area contributed by atoms with E-state index in [9.17, 15) is 0 Å². The topological polar surface area (TPSA) is 99.8 Å². The zero-order valence-electron chi connectivity index (χ0n) is 17.7. The molecule has 4 N–H and O–H groups in total. The molecule has 0 fully saturated rings. The van der Waals surface area contributed by atoms with Gasteiger partial charge in [0, 0.05) is 53.8 Å². The summed E-state index contributed by atoms with van der Waals surface area (Å²) in [4.78, 5) is 9.02. The van der Waals surface area contributed by atoms with Crippen LogP contribution in [-0.2, 0) is 6.54 Å². The molecular weight excluding hydrogens is 390 g/mol. The quantitative estimate of drug-likeness (QED) is 0.377. The molecule has 1 unspecified atom stereocenters. The predicted octanol–water partition coefficient (Wildman–Crippen LogP) is 4.06. The lowest BCUT2D eigenvalue weighted by Crippen LogP contribution is -2.21. The first-order chi connectivity index (χ1) is 15.1. The number of aromatic amines is 1. The van der Waals surface area contributed by atoms with Gasteiger partial charge in [-0.05, 0) is 29.8 Å². The van der Waals surface area contributed by atoms with Crippen LogP contribution in [0.4, 0.5) is 11.4 Å². The van der Waals surface area contributed by atoms with Crippen LogP contribution in [0.15, 0.2) is 48.9 Å². The van der Waals surface area contributed by atoms with Gasteiger partial charge in [-0.2, -0.15) is 5.10 Å². The Morgan fingerprint density at radius 2 is 1.87 bits per heavy atom. The van der Waals surface area contributed by atoms with Gasteiger partial charge in [0.1, 0.15) is 17.6 Å². The van der Waals surface area contributed by atoms with E-state index in [-0.39, 0.29) is 6.17 Å². The standard InChI is InChI=1S/C23H25N7O/c1-13(2)25-10-14-6-15(11-24-9-14)16-7-18-21(29-30-22(18)26-12-16)23-27-19-5-4-17(31-3)8-20(19)28-23/h4-9,11-13,23,25,27-28H,10H2,1-3H3,(H,26,29,30). The smallest absolute Gasteiger partial charge is 0.155 e. The Bertz CT molecular complexity index is 1230. The Kier molecular flexibility index (Phi) is 4.91. The van der Waals surface area contributed by atoms with Crippen LogP contribution in [0.25, 0.3) is 22.2 Å². The third-order valence-corrected chi connectivity index (χ3v) is 5.39. The summed E-state index contributed by atoms with van der Waals surface area (Å²) in [6.45, 7) is 5.05. The first-order valence-corrected chi connectivity index (χ1v) is 10.3. The fraction of sp³-hybridized carbons (Fsp3) is 0.261. The first kappa shape index (κ1) is 19.3. The Hall–Kier alpha value is -3.65. The number of methoxy groups -OCH3 is 1. The van der Waals surface area contributed by atoms with Crippen LogP contribution < -0.4 is 20.7 Å². The number of nitrogens with zero attached hydrogens (tertiary/aromatic N) is 3. The minimum atomic E-state index is -0.160. The largest absolute Gasteiger partial charge is 0.497 e. The lowest BCUT2D eigenvalue weighted by Gasteiger charge is -2.11. The van der Waals surface area contributed by atoms with Crippen LogP contribution in [0.3, 0.4) is 0 Å². The normalized spacial score (nSPS) is 15.0. The highest BCUT2D eigenvalue weighted by atomic mass is 16.5. The van der Waals surface area contributed by atoms with Crippen LogP contribution in [0.1, 0.15) is 31.3 Å². The van der Waals surface area contributed by atoms with Gasteiger partial charge in [0.2, 0.25) is 0 Å². The number of ether oxygens (including phenoxy) is 1. The van der Waals surface area contributed by atoms with Gasteiger partial charge < -0.3 is 20.7 Å². The third-order valence-electron chi connectivity index (χ3n) is 5.39. The van der Waals surface area contributed by atoms with Crippen molar-refractivity contribution in [3.63, 3.8) is 0 Å². The van der Waals surface area contributed by atoms with E-state index in [4.69, 9.17) is 4.74 Å². The molecule has 3 aromatic heterocycles. The van der Waals surface area contributed by atoms with Crippen molar-refractivity contribution in [2.24, 2.45) is 0 Å². The number of nitrogens with one attached hydrogen (secondary N) is 4. The monoisotopic (exact) mass is 415 g/mol. The van der Waals surface area contributed by atoms with E-state index < -0.39 is 0 Å². The highest BCUT2D eigenvalue weighted by molar-refractivity contribution is 5.86. The maximum atomic E-state index is 5.33. The molecule has 4 aromatic rings. The molecule has 158 valence electrons. The van der Waals surface area contributed by atoms with E-state index in [1.54, 1.807) is 7.11 Å². The fourth-order valence-corrected chi connectivity index (χ4v) is 3.74. The molecule has 0 saturated carbocycles. The molecule has 8 nitrogen and oxygen atoms in total. The first-order valence-electron chi connectivity index (χ1n) is 10.3. The summed E-state index contributed by atoms with van der Waals surface area (Å²) in [5.41, 5.74) is 6.80. The number of hydrogen-bond acceptors (Lipinski definition) is 7. The number of hydrogen-bond donors (Lipinski definition) is 4. The molecule has 0 aliphatic carbocycles. The molecule has 1 atom stereocenters. The average molecular weight is 416 g/mol. The van der Waals surface area contributed by atoms with Crippen molar-refractivity contribution in [2.75, 3.05) is 17.7 Å². The lowest BCUT2D eigenvalue weighted by molar-refractivity contribution is 0.415. The maximum absolute atomic E-state index is 5.33. The van der Waals surface area contributed by atoms with Gasteiger partial charge in [0.25, 0.3) is 0 Å². The van der Waals surface area contributed by atoms with Crippen molar-refractivity contribution < 1.29 is 4.74 Å². The summed E-state index contributed by atoms with van der Waals surface area (Å²) in [6.07, 6.45) is 5.46. The van der Waals surface area contributed by atoms with Gasteiger partial charge in [-0.25, -0.2) is 4.98 Å². The number of aromatic nitrogens is 4. The predicted molar refractivity (Wildman–Crippen MR) is 122 cm³/mol. The second kappa shape index (κ2) is 7.88. The molecular formula is C23H25N7O. The minimum absolute atomic E-state index is 0.160. The van der Waals surface area contributed by atoms with E-state index in [0.717, 1.165) is 57.1 Å². The summed E-state index contributed by atoms with van der Waals surface area (Å²) in [5.74, 6) is 0.809. The van der Waals surface area contributed by atoms with Gasteiger partial charge in [-0.1, -0.05) is 13.8 Å². The van der Waals surface area contributed by atoms with Gasteiger partial charge >= 0.3 is 0 Å². The van der Waals surface area contributed by atoms with Crippen LogP contribution in [0.2, 0.25) is 0 Å². The summed E-state index contributed by atoms with van der Waals surface area (Å²) >= 11 is 0. The molecule has 31 heavy (non-hydrogen) atoms. The van der Waals surface area contributed by atoms with E-state index in [1.807, 2.05) is 36.8 Å². The number of benzene rings is 1. The van der Waals surface area contributed by atoms with Gasteiger partial charge in [0.15, 0.2) is 5.65 Å². The van der Waals surface area contributed by atoms with Crippen LogP contribution >= 0.6 is 0 Å². The number of rotatable bonds is 6. The summed E-state index contributed by atoms with van der Waals surface area (Å²) in [6, 6.07) is 10.6. The molecule has 0 radical (unpaired) electrons. The lowest BCUT2D eigenvalue weighted by atomic mass is 10.1. The fourth-order valence-electron chi connectivity index (χ4n) is 3.74. The molecule has 5 rings (SSSR count). The molecule has 1 aliphatic heterocycles. The van der Waals surface area contributed by atoms with Gasteiger partial charge in [-0.3, -0.25) is 10.1 Å². The van der Waals surface area contributed by atoms with E-state index in [1.165, 1.54) is 0 Å². The van der Waals surface area contributed by atoms with Crippen LogP contribution in [0.5, 0.6) is 5.75 Å². The van der Waals surface area contributed by atoms with Crippen molar-refractivity contribution in [3.05, 3.63) is 60.2 Å². The summed E-state index contributed by atoms with van der Waals surface area (Å²) < 4.78 is 5.33. The molecule has 0 spiro atoms. The van der Waals surface area contributed by atoms with Crippen molar-refractivity contribution >= 4 is 22.4 Å². The molecule has 0 saturated heterocycles.